The molecule has 0 fully saturated rings. The number of anilines is 2. The van der Waals surface area contributed by atoms with Crippen LogP contribution in [0.25, 0.3) is 0 Å². The Hall–Kier alpha value is -1.88. The minimum absolute atomic E-state index is 0.0328. The van der Waals surface area contributed by atoms with Gasteiger partial charge in [-0.25, -0.2) is 4.98 Å². The summed E-state index contributed by atoms with van der Waals surface area (Å²) in [5.74, 6) is -0.0328. The number of carbonyl (C=O) groups excluding carboxylic acids is 1. The molecule has 0 aliphatic heterocycles. The lowest BCUT2D eigenvalue weighted by atomic mass is 10.3. The summed E-state index contributed by atoms with van der Waals surface area (Å²) in [7, 11) is 1.96. The number of hydrogen-bond acceptors (Lipinski definition) is 4. The fourth-order valence-electron chi connectivity index (χ4n) is 1.82. The molecule has 0 aliphatic carbocycles. The van der Waals surface area contributed by atoms with E-state index in [-0.39, 0.29) is 5.91 Å². The summed E-state index contributed by atoms with van der Waals surface area (Å²) in [5, 5.41) is 3.72. The quantitative estimate of drug-likeness (QED) is 0.918. The van der Waals surface area contributed by atoms with Crippen LogP contribution in [0.3, 0.4) is 0 Å². The van der Waals surface area contributed by atoms with E-state index in [0.717, 1.165) is 22.9 Å². The van der Waals surface area contributed by atoms with Crippen molar-refractivity contribution in [3.63, 3.8) is 0 Å². The molecule has 5 heteroatoms. The molecule has 106 valence electrons. The number of aromatic nitrogens is 1. The Bertz CT molecular complexity index is 580. The van der Waals surface area contributed by atoms with E-state index in [4.69, 9.17) is 0 Å². The smallest absolute Gasteiger partial charge is 0.263 e. The van der Waals surface area contributed by atoms with Crippen molar-refractivity contribution >= 4 is 28.1 Å². The van der Waals surface area contributed by atoms with Crippen molar-refractivity contribution in [2.45, 2.75) is 20.3 Å². The first-order chi connectivity index (χ1) is 9.63. The Kier molecular flexibility index (Phi) is 4.74. The van der Waals surface area contributed by atoms with Gasteiger partial charge < -0.3 is 10.2 Å². The van der Waals surface area contributed by atoms with E-state index in [9.17, 15) is 4.79 Å². The van der Waals surface area contributed by atoms with E-state index in [0.29, 0.717) is 11.4 Å². The fraction of sp³-hybridized carbons (Fsp3) is 0.333. The fourth-order valence-corrected chi connectivity index (χ4v) is 2.78. The van der Waals surface area contributed by atoms with Crippen LogP contribution in [0, 0.1) is 6.92 Å². The molecule has 0 unspecified atom stereocenters. The van der Waals surface area contributed by atoms with Crippen molar-refractivity contribution in [1.29, 1.82) is 0 Å². The minimum Gasteiger partial charge on any atom is -0.351 e. The van der Waals surface area contributed by atoms with E-state index in [1.807, 2.05) is 56.1 Å². The van der Waals surface area contributed by atoms with Gasteiger partial charge in [0.1, 0.15) is 4.88 Å². The summed E-state index contributed by atoms with van der Waals surface area (Å²) in [6.45, 7) is 4.61. The first-order valence-electron chi connectivity index (χ1n) is 6.68. The molecule has 0 aliphatic rings. The summed E-state index contributed by atoms with van der Waals surface area (Å²) < 4.78 is 0. The van der Waals surface area contributed by atoms with E-state index in [1.165, 1.54) is 11.3 Å². The molecule has 1 amide bonds. The van der Waals surface area contributed by atoms with Crippen LogP contribution in [-0.4, -0.2) is 24.5 Å². The van der Waals surface area contributed by atoms with Gasteiger partial charge in [0.15, 0.2) is 5.13 Å². The first-order valence-corrected chi connectivity index (χ1v) is 7.49. The zero-order valence-electron chi connectivity index (χ0n) is 12.0. The van der Waals surface area contributed by atoms with Crippen molar-refractivity contribution in [2.24, 2.45) is 0 Å². The average molecular weight is 289 g/mol. The molecule has 0 bridgehead atoms. The van der Waals surface area contributed by atoms with Crippen molar-refractivity contribution < 1.29 is 4.79 Å². The van der Waals surface area contributed by atoms with Gasteiger partial charge in [0.2, 0.25) is 0 Å². The zero-order chi connectivity index (χ0) is 14.5. The van der Waals surface area contributed by atoms with Crippen LogP contribution in [0.15, 0.2) is 30.3 Å². The predicted molar refractivity (Wildman–Crippen MR) is 84.0 cm³/mol. The lowest BCUT2D eigenvalue weighted by molar-refractivity contribution is 0.0957. The number of carbonyl (C=O) groups is 1. The summed E-state index contributed by atoms with van der Waals surface area (Å²) in [6, 6.07) is 10.00. The summed E-state index contributed by atoms with van der Waals surface area (Å²) in [5.41, 5.74) is 1.84. The zero-order valence-corrected chi connectivity index (χ0v) is 12.8. The SMILES string of the molecule is CCCNC(=O)c1sc(N(C)c2ccccc2)nc1C. The standard InChI is InChI=1S/C15H19N3OS/c1-4-10-16-14(19)13-11(2)17-15(20-13)18(3)12-8-6-5-7-9-12/h5-9H,4,10H2,1-3H3,(H,16,19). The number of amides is 1. The number of para-hydroxylation sites is 1. The molecule has 4 nitrogen and oxygen atoms in total. The number of nitrogens with one attached hydrogen (secondary N) is 1. The molecule has 1 aromatic heterocycles. The molecule has 0 saturated heterocycles. The van der Waals surface area contributed by atoms with Gasteiger partial charge in [-0.1, -0.05) is 36.5 Å². The van der Waals surface area contributed by atoms with Gasteiger partial charge in [-0.05, 0) is 25.5 Å². The molecule has 1 N–H and O–H groups in total. The van der Waals surface area contributed by atoms with Gasteiger partial charge >= 0.3 is 0 Å². The van der Waals surface area contributed by atoms with Crippen molar-refractivity contribution in [3.8, 4) is 0 Å². The number of aryl methyl sites for hydroxylation is 1. The lowest BCUT2D eigenvalue weighted by Crippen LogP contribution is -2.23. The van der Waals surface area contributed by atoms with Crippen LogP contribution in [0.2, 0.25) is 0 Å². The highest BCUT2D eigenvalue weighted by Gasteiger charge is 2.17. The molecule has 0 radical (unpaired) electrons. The van der Waals surface area contributed by atoms with Crippen LogP contribution in [-0.2, 0) is 0 Å². The van der Waals surface area contributed by atoms with Crippen molar-refractivity contribution in [1.82, 2.24) is 10.3 Å². The van der Waals surface area contributed by atoms with Crippen LogP contribution < -0.4 is 10.2 Å². The van der Waals surface area contributed by atoms with Gasteiger partial charge in [0.05, 0.1) is 5.69 Å². The van der Waals surface area contributed by atoms with Gasteiger partial charge in [-0.2, -0.15) is 0 Å². The van der Waals surface area contributed by atoms with Gasteiger partial charge in [0, 0.05) is 19.3 Å². The van der Waals surface area contributed by atoms with Crippen LogP contribution in [0.4, 0.5) is 10.8 Å². The number of hydrogen-bond donors (Lipinski definition) is 1. The molecule has 2 rings (SSSR count). The number of rotatable bonds is 5. The highest BCUT2D eigenvalue weighted by molar-refractivity contribution is 7.17. The highest BCUT2D eigenvalue weighted by atomic mass is 32.1. The van der Waals surface area contributed by atoms with E-state index >= 15 is 0 Å². The Morgan fingerprint density at radius 2 is 2.05 bits per heavy atom. The monoisotopic (exact) mass is 289 g/mol. The maximum atomic E-state index is 12.0. The molecule has 1 heterocycles. The predicted octanol–water partition coefficient (Wildman–Crippen LogP) is 3.36. The number of thiazole rings is 1. The molecular formula is C15H19N3OS. The van der Waals surface area contributed by atoms with Gasteiger partial charge in [-0.15, -0.1) is 0 Å². The van der Waals surface area contributed by atoms with E-state index < -0.39 is 0 Å². The maximum absolute atomic E-state index is 12.0. The molecule has 20 heavy (non-hydrogen) atoms. The Morgan fingerprint density at radius 3 is 2.70 bits per heavy atom. The van der Waals surface area contributed by atoms with Crippen molar-refractivity contribution in [3.05, 3.63) is 40.9 Å². The molecule has 2 aromatic rings. The van der Waals surface area contributed by atoms with E-state index in [1.54, 1.807) is 0 Å². The minimum atomic E-state index is -0.0328. The average Bonchev–Trinajstić information content (AvgIpc) is 2.87. The Labute approximate surface area is 123 Å². The summed E-state index contributed by atoms with van der Waals surface area (Å²) in [4.78, 5) is 19.2. The van der Waals surface area contributed by atoms with Gasteiger partial charge in [-0.3, -0.25) is 4.79 Å². The van der Waals surface area contributed by atoms with Crippen LogP contribution >= 0.6 is 11.3 Å². The van der Waals surface area contributed by atoms with E-state index in [2.05, 4.69) is 10.3 Å². The first kappa shape index (κ1) is 14.5. The molecular weight excluding hydrogens is 270 g/mol. The third-order valence-corrected chi connectivity index (χ3v) is 4.19. The number of nitrogens with zero attached hydrogens (tertiary/aromatic N) is 2. The summed E-state index contributed by atoms with van der Waals surface area (Å²) in [6.07, 6.45) is 0.931. The third-order valence-electron chi connectivity index (χ3n) is 2.96. The largest absolute Gasteiger partial charge is 0.351 e. The molecule has 0 saturated carbocycles. The van der Waals surface area contributed by atoms with Crippen molar-refractivity contribution in [2.75, 3.05) is 18.5 Å². The lowest BCUT2D eigenvalue weighted by Gasteiger charge is -2.15. The molecule has 0 spiro atoms. The summed E-state index contributed by atoms with van der Waals surface area (Å²) >= 11 is 1.42. The normalized spacial score (nSPS) is 10.3. The van der Waals surface area contributed by atoms with Crippen LogP contribution in [0.1, 0.15) is 28.7 Å². The Balaban J connectivity index is 2.21. The number of benzene rings is 1. The third kappa shape index (κ3) is 3.17. The van der Waals surface area contributed by atoms with Crippen LogP contribution in [0.5, 0.6) is 0 Å². The maximum Gasteiger partial charge on any atom is 0.263 e. The molecule has 0 atom stereocenters. The molecule has 1 aromatic carbocycles. The second kappa shape index (κ2) is 6.52. The van der Waals surface area contributed by atoms with Gasteiger partial charge in [0.25, 0.3) is 5.91 Å². The second-order valence-electron chi connectivity index (χ2n) is 4.56. The topological polar surface area (TPSA) is 45.2 Å². The Morgan fingerprint density at radius 1 is 1.35 bits per heavy atom. The second-order valence-corrected chi connectivity index (χ2v) is 5.54. The highest BCUT2D eigenvalue weighted by Crippen LogP contribution is 2.30.